The Hall–Kier alpha value is -5.32. The molecule has 2 heterocycles. The van der Waals surface area contributed by atoms with Crippen molar-refractivity contribution in [2.45, 2.75) is 0 Å². The van der Waals surface area contributed by atoms with Gasteiger partial charge in [-0.2, -0.15) is 9.97 Å². The molecule has 42 heavy (non-hydrogen) atoms. The van der Waals surface area contributed by atoms with Gasteiger partial charge in [0.1, 0.15) is 11.2 Å². The largest absolute Gasteiger partial charge is 0.456 e. The minimum absolute atomic E-state index is 0.144. The maximum absolute atomic E-state index is 6.50. The van der Waals surface area contributed by atoms with Gasteiger partial charge in [0.25, 0.3) is 0 Å². The van der Waals surface area contributed by atoms with E-state index in [1.165, 1.54) is 11.1 Å². The number of aromatic nitrogens is 3. The Morgan fingerprint density at radius 3 is 1.81 bits per heavy atom. The predicted molar refractivity (Wildman–Crippen MR) is 171 cm³/mol. The summed E-state index contributed by atoms with van der Waals surface area (Å²) >= 11 is 6.50. The highest BCUT2D eigenvalue weighted by Gasteiger charge is 2.17. The number of hydrogen-bond donors (Lipinski definition) is 0. The Bertz CT molecular complexity index is 2260. The molecular formula is C37H22ClN3O. The van der Waals surface area contributed by atoms with Gasteiger partial charge in [0.05, 0.1) is 0 Å². The zero-order valence-electron chi connectivity index (χ0n) is 22.3. The standard InChI is InChI=1S/C37H22ClN3O/c38-37-40-35(29-17-16-26-20-25(14-15-27(26)21-29)23-8-3-1-4-9-23)39-36(41-37)31-12-7-13-32-34(31)30-19-18-28(22-33(30)42-32)24-10-5-2-6-11-24/h1-22H. The molecule has 0 N–H and O–H groups in total. The van der Waals surface area contributed by atoms with Crippen molar-refractivity contribution in [1.82, 2.24) is 15.0 Å². The average molecular weight is 560 g/mol. The van der Waals surface area contributed by atoms with Gasteiger partial charge in [-0.25, -0.2) is 4.98 Å². The van der Waals surface area contributed by atoms with Gasteiger partial charge < -0.3 is 4.42 Å². The van der Waals surface area contributed by atoms with Crippen molar-refractivity contribution in [2.75, 3.05) is 0 Å². The lowest BCUT2D eigenvalue weighted by atomic mass is 10.00. The smallest absolute Gasteiger partial charge is 0.226 e. The summed E-state index contributed by atoms with van der Waals surface area (Å²) in [6, 6.07) is 45.6. The van der Waals surface area contributed by atoms with Crippen LogP contribution in [0.5, 0.6) is 0 Å². The molecule has 0 saturated heterocycles. The Balaban J connectivity index is 1.22. The fourth-order valence-corrected chi connectivity index (χ4v) is 5.78. The highest BCUT2D eigenvalue weighted by Crippen LogP contribution is 2.38. The van der Waals surface area contributed by atoms with Crippen molar-refractivity contribution in [1.29, 1.82) is 0 Å². The van der Waals surface area contributed by atoms with E-state index in [-0.39, 0.29) is 5.28 Å². The number of nitrogens with zero attached hydrogens (tertiary/aromatic N) is 3. The summed E-state index contributed by atoms with van der Waals surface area (Å²) in [4.78, 5) is 13.9. The number of hydrogen-bond acceptors (Lipinski definition) is 4. The third-order valence-electron chi connectivity index (χ3n) is 7.66. The van der Waals surface area contributed by atoms with Gasteiger partial charge in [0.15, 0.2) is 11.6 Å². The normalized spacial score (nSPS) is 11.5. The molecular weight excluding hydrogens is 538 g/mol. The summed E-state index contributed by atoms with van der Waals surface area (Å²) in [5.74, 6) is 1.03. The van der Waals surface area contributed by atoms with Crippen LogP contribution in [0.15, 0.2) is 138 Å². The molecule has 5 heteroatoms. The first-order chi connectivity index (χ1) is 20.7. The maximum Gasteiger partial charge on any atom is 0.226 e. The molecule has 0 bridgehead atoms. The van der Waals surface area contributed by atoms with Gasteiger partial charge in [0.2, 0.25) is 5.28 Å². The highest BCUT2D eigenvalue weighted by molar-refractivity contribution is 6.28. The van der Waals surface area contributed by atoms with Crippen LogP contribution in [0.2, 0.25) is 5.28 Å². The third kappa shape index (κ3) is 4.30. The second kappa shape index (κ2) is 9.95. The fourth-order valence-electron chi connectivity index (χ4n) is 5.62. The molecule has 0 aliphatic heterocycles. The molecule has 2 aromatic heterocycles. The number of fused-ring (bicyclic) bond motifs is 4. The molecule has 8 rings (SSSR count). The minimum Gasteiger partial charge on any atom is -0.456 e. The Labute approximate surface area is 246 Å². The van der Waals surface area contributed by atoms with E-state index < -0.39 is 0 Å². The Morgan fingerprint density at radius 1 is 0.452 bits per heavy atom. The van der Waals surface area contributed by atoms with E-state index >= 15 is 0 Å². The highest BCUT2D eigenvalue weighted by atomic mass is 35.5. The van der Waals surface area contributed by atoms with Crippen molar-refractivity contribution >= 4 is 44.3 Å². The number of halogens is 1. The molecule has 6 aromatic carbocycles. The van der Waals surface area contributed by atoms with E-state index in [0.29, 0.717) is 11.6 Å². The van der Waals surface area contributed by atoms with Crippen LogP contribution in [-0.4, -0.2) is 15.0 Å². The number of benzene rings is 6. The topological polar surface area (TPSA) is 51.8 Å². The van der Waals surface area contributed by atoms with Gasteiger partial charge in [-0.15, -0.1) is 0 Å². The molecule has 0 radical (unpaired) electrons. The SMILES string of the molecule is Clc1nc(-c2ccc3cc(-c4ccccc4)ccc3c2)nc(-c2cccc3oc4cc(-c5ccccc5)ccc4c23)n1. The van der Waals surface area contributed by atoms with Crippen molar-refractivity contribution in [3.63, 3.8) is 0 Å². The summed E-state index contributed by atoms with van der Waals surface area (Å²) < 4.78 is 6.31. The second-order valence-electron chi connectivity index (χ2n) is 10.3. The predicted octanol–water partition coefficient (Wildman–Crippen LogP) is 10.2. The van der Waals surface area contributed by atoms with E-state index in [0.717, 1.165) is 55.0 Å². The van der Waals surface area contributed by atoms with E-state index in [2.05, 4.69) is 94.9 Å². The van der Waals surface area contributed by atoms with Crippen molar-refractivity contribution < 1.29 is 4.42 Å². The molecule has 0 fully saturated rings. The fraction of sp³-hybridized carbons (Fsp3) is 0. The van der Waals surface area contributed by atoms with E-state index in [4.69, 9.17) is 21.0 Å². The molecule has 0 aliphatic carbocycles. The third-order valence-corrected chi connectivity index (χ3v) is 7.83. The van der Waals surface area contributed by atoms with Crippen LogP contribution in [0.1, 0.15) is 0 Å². The molecule has 0 unspecified atom stereocenters. The van der Waals surface area contributed by atoms with Gasteiger partial charge in [-0.1, -0.05) is 103 Å². The Morgan fingerprint density at radius 2 is 1.07 bits per heavy atom. The van der Waals surface area contributed by atoms with Crippen LogP contribution < -0.4 is 0 Å². The molecule has 4 nitrogen and oxygen atoms in total. The first-order valence-electron chi connectivity index (χ1n) is 13.7. The lowest BCUT2D eigenvalue weighted by Crippen LogP contribution is -1.97. The van der Waals surface area contributed by atoms with Crippen LogP contribution in [0.4, 0.5) is 0 Å². The van der Waals surface area contributed by atoms with Crippen molar-refractivity contribution in [3.8, 4) is 45.0 Å². The van der Waals surface area contributed by atoms with Gasteiger partial charge in [-0.05, 0) is 75.0 Å². The monoisotopic (exact) mass is 559 g/mol. The van der Waals surface area contributed by atoms with Crippen LogP contribution >= 0.6 is 11.6 Å². The van der Waals surface area contributed by atoms with Gasteiger partial charge in [0, 0.05) is 21.9 Å². The molecule has 0 aliphatic rings. The van der Waals surface area contributed by atoms with Gasteiger partial charge in [-0.3, -0.25) is 0 Å². The summed E-state index contributed by atoms with van der Waals surface area (Å²) in [5, 5.41) is 4.34. The molecule has 8 aromatic rings. The van der Waals surface area contributed by atoms with Gasteiger partial charge >= 0.3 is 0 Å². The quantitative estimate of drug-likeness (QED) is 0.215. The molecule has 198 valence electrons. The first kappa shape index (κ1) is 24.5. The van der Waals surface area contributed by atoms with E-state index in [1.54, 1.807) is 0 Å². The molecule has 0 amide bonds. The first-order valence-corrected chi connectivity index (χ1v) is 14.1. The molecule has 0 spiro atoms. The van der Waals surface area contributed by atoms with Crippen molar-refractivity contribution in [2.24, 2.45) is 0 Å². The van der Waals surface area contributed by atoms with Crippen LogP contribution in [-0.2, 0) is 0 Å². The maximum atomic E-state index is 6.50. The molecule has 0 atom stereocenters. The summed E-state index contributed by atoms with van der Waals surface area (Å²) in [6.07, 6.45) is 0. The molecule has 0 saturated carbocycles. The van der Waals surface area contributed by atoms with Crippen LogP contribution in [0, 0.1) is 0 Å². The second-order valence-corrected chi connectivity index (χ2v) is 10.6. The van der Waals surface area contributed by atoms with Crippen LogP contribution in [0.25, 0.3) is 77.7 Å². The lowest BCUT2D eigenvalue weighted by Gasteiger charge is -2.08. The van der Waals surface area contributed by atoms with E-state index in [9.17, 15) is 0 Å². The van der Waals surface area contributed by atoms with E-state index in [1.807, 2.05) is 48.5 Å². The zero-order valence-corrected chi connectivity index (χ0v) is 23.1. The Kier molecular flexibility index (Phi) is 5.80. The number of furan rings is 1. The number of rotatable bonds is 4. The minimum atomic E-state index is 0.144. The summed E-state index contributed by atoms with van der Waals surface area (Å²) in [6.45, 7) is 0. The zero-order chi connectivity index (χ0) is 28.0. The summed E-state index contributed by atoms with van der Waals surface area (Å²) in [7, 11) is 0. The van der Waals surface area contributed by atoms with Crippen molar-refractivity contribution in [3.05, 3.63) is 139 Å². The average Bonchev–Trinajstić information content (AvgIpc) is 3.43. The lowest BCUT2D eigenvalue weighted by molar-refractivity contribution is 0.669. The summed E-state index contributed by atoms with van der Waals surface area (Å²) in [5.41, 5.74) is 7.90. The van der Waals surface area contributed by atoms with Crippen LogP contribution in [0.3, 0.4) is 0 Å².